The molecule has 2 saturated carbocycles. The Morgan fingerprint density at radius 1 is 1.10 bits per heavy atom. The number of halogens is 1. The van der Waals surface area contributed by atoms with Crippen molar-refractivity contribution in [2.24, 2.45) is 17.8 Å². The molecule has 0 spiro atoms. The molecule has 0 aliphatic heterocycles. The van der Waals surface area contributed by atoms with E-state index in [1.165, 1.54) is 32.1 Å². The highest BCUT2D eigenvalue weighted by Crippen LogP contribution is 2.42. The smallest absolute Gasteiger partial charge is 0.223 e. The van der Waals surface area contributed by atoms with Crippen LogP contribution in [0.4, 0.5) is 0 Å². The lowest BCUT2D eigenvalue weighted by atomic mass is 9.67. The molecule has 3 unspecified atom stereocenters. The van der Waals surface area contributed by atoms with Gasteiger partial charge in [0.15, 0.2) is 0 Å². The Morgan fingerprint density at radius 3 is 2.70 bits per heavy atom. The van der Waals surface area contributed by atoms with E-state index in [2.05, 4.69) is 21.2 Å². The summed E-state index contributed by atoms with van der Waals surface area (Å²) < 4.78 is 5.38. The van der Waals surface area contributed by atoms with Crippen molar-refractivity contribution in [2.75, 3.05) is 25.1 Å². The third-order valence-corrected chi connectivity index (χ3v) is 5.22. The normalized spacial score (nSPS) is 29.8. The number of carbonyl (C=O) groups excluding carboxylic acids is 1. The summed E-state index contributed by atoms with van der Waals surface area (Å²) in [4.78, 5) is 12.2. The molecule has 2 fully saturated rings. The monoisotopic (exact) mass is 345 g/mol. The van der Waals surface area contributed by atoms with Gasteiger partial charge in [0.1, 0.15) is 0 Å². The summed E-state index contributed by atoms with van der Waals surface area (Å²) >= 11 is 3.33. The average Bonchev–Trinajstić information content (AvgIpc) is 2.50. The number of hydrogen-bond acceptors (Lipinski definition) is 2. The van der Waals surface area contributed by atoms with E-state index in [-0.39, 0.29) is 11.8 Å². The summed E-state index contributed by atoms with van der Waals surface area (Å²) in [5.74, 6) is 2.31. The van der Waals surface area contributed by atoms with E-state index in [9.17, 15) is 4.79 Å². The molecule has 20 heavy (non-hydrogen) atoms. The fourth-order valence-electron chi connectivity index (χ4n) is 3.80. The number of rotatable bonds is 7. The van der Waals surface area contributed by atoms with Gasteiger partial charge < -0.3 is 10.1 Å². The molecule has 2 aliphatic rings. The first-order valence-corrected chi connectivity index (χ1v) is 9.35. The van der Waals surface area contributed by atoms with E-state index in [1.807, 2.05) is 0 Å². The van der Waals surface area contributed by atoms with Crippen molar-refractivity contribution >= 4 is 21.8 Å². The predicted molar refractivity (Wildman–Crippen MR) is 85.0 cm³/mol. The molecule has 0 saturated heterocycles. The van der Waals surface area contributed by atoms with Gasteiger partial charge in [-0.15, -0.1) is 0 Å². The molecular formula is C16H28BrNO2. The minimum Gasteiger partial charge on any atom is -0.381 e. The van der Waals surface area contributed by atoms with Crippen LogP contribution >= 0.6 is 15.9 Å². The Labute approximate surface area is 131 Å². The maximum atomic E-state index is 12.2. The molecule has 3 nitrogen and oxygen atoms in total. The highest BCUT2D eigenvalue weighted by atomic mass is 79.9. The van der Waals surface area contributed by atoms with Crippen LogP contribution in [0.15, 0.2) is 0 Å². The molecule has 1 N–H and O–H groups in total. The van der Waals surface area contributed by atoms with Crippen LogP contribution in [0.5, 0.6) is 0 Å². The van der Waals surface area contributed by atoms with Gasteiger partial charge in [-0.3, -0.25) is 4.79 Å². The summed E-state index contributed by atoms with van der Waals surface area (Å²) in [6.45, 7) is 2.24. The Bertz CT molecular complexity index is 298. The summed E-state index contributed by atoms with van der Waals surface area (Å²) in [5.41, 5.74) is 0. The zero-order chi connectivity index (χ0) is 14.2. The first-order valence-electron chi connectivity index (χ1n) is 8.22. The quantitative estimate of drug-likeness (QED) is 0.566. The van der Waals surface area contributed by atoms with Crippen LogP contribution in [0, 0.1) is 17.8 Å². The van der Waals surface area contributed by atoms with Gasteiger partial charge in [-0.25, -0.2) is 0 Å². The fraction of sp³-hybridized carbons (Fsp3) is 0.938. The molecule has 0 aromatic carbocycles. The number of alkyl halides is 1. The maximum Gasteiger partial charge on any atom is 0.223 e. The van der Waals surface area contributed by atoms with Crippen molar-refractivity contribution in [3.8, 4) is 0 Å². The molecule has 0 aromatic heterocycles. The second kappa shape index (κ2) is 9.04. The van der Waals surface area contributed by atoms with Crippen LogP contribution in [0.3, 0.4) is 0 Å². The number of ether oxygens (including phenoxy) is 1. The molecule has 4 heteroatoms. The number of hydrogen-bond donors (Lipinski definition) is 1. The number of carbonyl (C=O) groups is 1. The molecular weight excluding hydrogens is 318 g/mol. The van der Waals surface area contributed by atoms with Crippen molar-refractivity contribution in [3.05, 3.63) is 0 Å². The second-order valence-electron chi connectivity index (χ2n) is 6.26. The third-order valence-electron chi connectivity index (χ3n) is 4.90. The number of fused-ring (bicyclic) bond motifs is 1. The fourth-order valence-corrected chi connectivity index (χ4v) is 4.03. The minimum absolute atomic E-state index is 0.276. The minimum atomic E-state index is 0.276. The van der Waals surface area contributed by atoms with E-state index in [0.717, 1.165) is 56.2 Å². The molecule has 0 bridgehead atoms. The predicted octanol–water partition coefficient (Wildman–Crippen LogP) is 3.51. The van der Waals surface area contributed by atoms with Crippen LogP contribution in [0.25, 0.3) is 0 Å². The Balaban J connectivity index is 1.60. The maximum absolute atomic E-state index is 12.2. The Kier molecular flexibility index (Phi) is 7.36. The number of nitrogens with one attached hydrogen (secondary N) is 1. The number of amides is 1. The Hall–Kier alpha value is -0.0900. The van der Waals surface area contributed by atoms with E-state index < -0.39 is 0 Å². The van der Waals surface area contributed by atoms with E-state index >= 15 is 0 Å². The lowest BCUT2D eigenvalue weighted by Crippen LogP contribution is -2.37. The summed E-state index contributed by atoms with van der Waals surface area (Å²) in [7, 11) is 0. The van der Waals surface area contributed by atoms with Crippen molar-refractivity contribution in [2.45, 2.75) is 51.4 Å². The molecule has 116 valence electrons. The molecule has 0 radical (unpaired) electrons. The average molecular weight is 346 g/mol. The van der Waals surface area contributed by atoms with Gasteiger partial charge in [-0.05, 0) is 37.5 Å². The summed E-state index contributed by atoms with van der Waals surface area (Å²) in [6.07, 6.45) is 9.98. The second-order valence-corrected chi connectivity index (χ2v) is 7.05. The van der Waals surface area contributed by atoms with Gasteiger partial charge in [-0.2, -0.15) is 0 Å². The van der Waals surface area contributed by atoms with Crippen molar-refractivity contribution in [1.82, 2.24) is 5.32 Å². The zero-order valence-electron chi connectivity index (χ0n) is 12.4. The highest BCUT2D eigenvalue weighted by Gasteiger charge is 2.34. The standard InChI is InChI=1S/C16H28BrNO2/c17-8-11-20-10-3-9-18-16(19)15-7-6-13-4-1-2-5-14(13)12-15/h13-15H,1-12H2,(H,18,19). The molecule has 2 aliphatic carbocycles. The molecule has 3 atom stereocenters. The largest absolute Gasteiger partial charge is 0.381 e. The van der Waals surface area contributed by atoms with Crippen molar-refractivity contribution < 1.29 is 9.53 Å². The Morgan fingerprint density at radius 2 is 1.90 bits per heavy atom. The van der Waals surface area contributed by atoms with Crippen LogP contribution < -0.4 is 5.32 Å². The summed E-state index contributed by atoms with van der Waals surface area (Å²) in [5, 5.41) is 3.97. The van der Waals surface area contributed by atoms with Gasteiger partial charge in [0.2, 0.25) is 5.91 Å². The van der Waals surface area contributed by atoms with E-state index in [4.69, 9.17) is 4.74 Å². The molecule has 1 amide bonds. The van der Waals surface area contributed by atoms with Gasteiger partial charge in [0.05, 0.1) is 6.61 Å². The molecule has 2 rings (SSSR count). The topological polar surface area (TPSA) is 38.3 Å². The molecule has 0 heterocycles. The van der Waals surface area contributed by atoms with E-state index in [1.54, 1.807) is 0 Å². The first kappa shape index (κ1) is 16.3. The lowest BCUT2D eigenvalue weighted by Gasteiger charge is -2.38. The zero-order valence-corrected chi connectivity index (χ0v) is 14.0. The van der Waals surface area contributed by atoms with Gasteiger partial charge >= 0.3 is 0 Å². The van der Waals surface area contributed by atoms with Crippen molar-refractivity contribution in [1.29, 1.82) is 0 Å². The van der Waals surface area contributed by atoms with Crippen LogP contribution in [-0.2, 0) is 9.53 Å². The van der Waals surface area contributed by atoms with E-state index in [0.29, 0.717) is 0 Å². The van der Waals surface area contributed by atoms with Gasteiger partial charge in [0.25, 0.3) is 0 Å². The SMILES string of the molecule is O=C(NCCCOCCBr)C1CCC2CCCCC2C1. The lowest BCUT2D eigenvalue weighted by molar-refractivity contribution is -0.127. The van der Waals surface area contributed by atoms with Gasteiger partial charge in [0, 0.05) is 24.4 Å². The van der Waals surface area contributed by atoms with Crippen LogP contribution in [-0.4, -0.2) is 31.0 Å². The van der Waals surface area contributed by atoms with Crippen molar-refractivity contribution in [3.63, 3.8) is 0 Å². The third kappa shape index (κ3) is 5.03. The van der Waals surface area contributed by atoms with Gasteiger partial charge in [-0.1, -0.05) is 41.6 Å². The highest BCUT2D eigenvalue weighted by molar-refractivity contribution is 9.09. The molecule has 0 aromatic rings. The van der Waals surface area contributed by atoms with Crippen LogP contribution in [0.2, 0.25) is 0 Å². The first-order chi connectivity index (χ1) is 9.81. The van der Waals surface area contributed by atoms with Crippen LogP contribution in [0.1, 0.15) is 51.4 Å². The summed E-state index contributed by atoms with van der Waals surface area (Å²) in [6, 6.07) is 0.